The highest BCUT2D eigenvalue weighted by Crippen LogP contribution is 2.26. The Balaban J connectivity index is 0.000000500. The highest BCUT2D eigenvalue weighted by atomic mass is 16.5. The van der Waals surface area contributed by atoms with E-state index in [0.717, 1.165) is 19.3 Å². The number of hydrogen-bond acceptors (Lipinski definition) is 3. The minimum atomic E-state index is 0. The summed E-state index contributed by atoms with van der Waals surface area (Å²) in [5.74, 6) is 0. The zero-order valence-corrected chi connectivity index (χ0v) is 6.38. The Labute approximate surface area is 61.9 Å². The lowest BCUT2D eigenvalue weighted by molar-refractivity contribution is 0.0340. The molecule has 60 valence electrons. The first-order valence-corrected chi connectivity index (χ1v) is 3.78. The first-order chi connectivity index (χ1) is 4.47. The average Bonchev–Trinajstić information content (AvgIpc) is 2.71. The number of nitrogens with zero attached hydrogens (tertiary/aromatic N) is 1. The summed E-state index contributed by atoms with van der Waals surface area (Å²) in [6.45, 7) is 4.25. The normalized spacial score (nSPS) is 27.6. The number of morpholine rings is 1. The molecule has 2 aliphatic rings. The SMILES string of the molecule is C1CN(C2CC2)CCO1.N. The molecule has 0 amide bonds. The summed E-state index contributed by atoms with van der Waals surface area (Å²) in [6.07, 6.45) is 2.86. The molecular formula is C7H16N2O. The Morgan fingerprint density at radius 1 is 1.10 bits per heavy atom. The van der Waals surface area contributed by atoms with E-state index >= 15 is 0 Å². The van der Waals surface area contributed by atoms with Gasteiger partial charge in [0.05, 0.1) is 13.2 Å². The highest BCUT2D eigenvalue weighted by molar-refractivity contribution is 4.85. The van der Waals surface area contributed by atoms with Crippen LogP contribution in [-0.4, -0.2) is 37.2 Å². The van der Waals surface area contributed by atoms with Crippen LogP contribution in [0.5, 0.6) is 0 Å². The maximum absolute atomic E-state index is 5.24. The molecule has 3 heteroatoms. The molecule has 0 aromatic rings. The summed E-state index contributed by atoms with van der Waals surface area (Å²) in [5.41, 5.74) is 0. The average molecular weight is 144 g/mol. The fourth-order valence-corrected chi connectivity index (χ4v) is 1.38. The third kappa shape index (κ3) is 1.68. The molecule has 2 rings (SSSR count). The molecule has 0 unspecified atom stereocenters. The molecule has 0 aromatic heterocycles. The Morgan fingerprint density at radius 3 is 2.20 bits per heavy atom. The zero-order chi connectivity index (χ0) is 6.10. The summed E-state index contributed by atoms with van der Waals surface area (Å²) in [5, 5.41) is 0. The van der Waals surface area contributed by atoms with Crippen molar-refractivity contribution in [2.45, 2.75) is 18.9 Å². The highest BCUT2D eigenvalue weighted by Gasteiger charge is 2.29. The molecule has 0 spiro atoms. The smallest absolute Gasteiger partial charge is 0.0594 e. The van der Waals surface area contributed by atoms with E-state index in [9.17, 15) is 0 Å². The molecule has 0 atom stereocenters. The molecule has 2 fully saturated rings. The van der Waals surface area contributed by atoms with Crippen molar-refractivity contribution in [1.29, 1.82) is 0 Å². The second-order valence-corrected chi connectivity index (χ2v) is 2.88. The minimum Gasteiger partial charge on any atom is -0.379 e. The van der Waals surface area contributed by atoms with E-state index < -0.39 is 0 Å². The van der Waals surface area contributed by atoms with E-state index in [1.165, 1.54) is 25.9 Å². The van der Waals surface area contributed by atoms with E-state index in [1.54, 1.807) is 0 Å². The minimum absolute atomic E-state index is 0. The molecule has 3 nitrogen and oxygen atoms in total. The number of ether oxygens (including phenoxy) is 1. The van der Waals surface area contributed by atoms with Crippen molar-refractivity contribution in [1.82, 2.24) is 11.1 Å². The standard InChI is InChI=1S/C7H13NO.H3N/c1-2-7(1)8-3-5-9-6-4-8;/h7H,1-6H2;1H3. The molecule has 1 saturated heterocycles. The van der Waals surface area contributed by atoms with Crippen molar-refractivity contribution in [3.05, 3.63) is 0 Å². The summed E-state index contributed by atoms with van der Waals surface area (Å²) < 4.78 is 5.24. The Hall–Kier alpha value is -0.120. The molecule has 1 aliphatic carbocycles. The largest absolute Gasteiger partial charge is 0.379 e. The van der Waals surface area contributed by atoms with Gasteiger partial charge in [0.1, 0.15) is 0 Å². The van der Waals surface area contributed by atoms with Gasteiger partial charge in [-0.05, 0) is 12.8 Å². The van der Waals surface area contributed by atoms with Gasteiger partial charge < -0.3 is 10.9 Å². The second kappa shape index (κ2) is 3.32. The van der Waals surface area contributed by atoms with Crippen molar-refractivity contribution < 1.29 is 4.74 Å². The first-order valence-electron chi connectivity index (χ1n) is 3.78. The van der Waals surface area contributed by atoms with Crippen LogP contribution in [0.2, 0.25) is 0 Å². The maximum atomic E-state index is 5.24. The monoisotopic (exact) mass is 144 g/mol. The number of rotatable bonds is 1. The van der Waals surface area contributed by atoms with Crippen LogP contribution in [-0.2, 0) is 4.74 Å². The van der Waals surface area contributed by atoms with E-state index in [1.807, 2.05) is 0 Å². The Morgan fingerprint density at radius 2 is 1.70 bits per heavy atom. The summed E-state index contributed by atoms with van der Waals surface area (Å²) in [7, 11) is 0. The van der Waals surface area contributed by atoms with Gasteiger partial charge in [0, 0.05) is 19.1 Å². The Kier molecular flexibility index (Phi) is 2.65. The molecular weight excluding hydrogens is 128 g/mol. The predicted octanol–water partition coefficient (Wildman–Crippen LogP) is 0.643. The summed E-state index contributed by atoms with van der Waals surface area (Å²) in [6, 6.07) is 0.939. The van der Waals surface area contributed by atoms with Crippen LogP contribution in [0.4, 0.5) is 0 Å². The van der Waals surface area contributed by atoms with Crippen molar-refractivity contribution in [3.63, 3.8) is 0 Å². The van der Waals surface area contributed by atoms with Crippen LogP contribution in [0.25, 0.3) is 0 Å². The van der Waals surface area contributed by atoms with Crippen LogP contribution in [0.1, 0.15) is 12.8 Å². The van der Waals surface area contributed by atoms with Gasteiger partial charge in [-0.1, -0.05) is 0 Å². The van der Waals surface area contributed by atoms with Crippen LogP contribution < -0.4 is 6.15 Å². The fraction of sp³-hybridized carbons (Fsp3) is 1.00. The molecule has 0 radical (unpaired) electrons. The molecule has 1 saturated carbocycles. The van der Waals surface area contributed by atoms with Crippen molar-refractivity contribution in [2.75, 3.05) is 26.3 Å². The molecule has 3 N–H and O–H groups in total. The van der Waals surface area contributed by atoms with Gasteiger partial charge in [-0.2, -0.15) is 0 Å². The summed E-state index contributed by atoms with van der Waals surface area (Å²) >= 11 is 0. The summed E-state index contributed by atoms with van der Waals surface area (Å²) in [4.78, 5) is 2.55. The molecule has 1 aliphatic heterocycles. The van der Waals surface area contributed by atoms with E-state index in [4.69, 9.17) is 4.74 Å². The van der Waals surface area contributed by atoms with Gasteiger partial charge in [-0.3, -0.25) is 4.90 Å². The van der Waals surface area contributed by atoms with Crippen LogP contribution in [0.3, 0.4) is 0 Å². The Bertz CT molecular complexity index is 97.8. The molecule has 0 bridgehead atoms. The first kappa shape index (κ1) is 7.98. The van der Waals surface area contributed by atoms with Gasteiger partial charge in [0.15, 0.2) is 0 Å². The van der Waals surface area contributed by atoms with Crippen LogP contribution in [0, 0.1) is 0 Å². The topological polar surface area (TPSA) is 47.5 Å². The lowest BCUT2D eigenvalue weighted by Crippen LogP contribution is -2.37. The lowest BCUT2D eigenvalue weighted by atomic mass is 10.4. The number of hydrogen-bond donors (Lipinski definition) is 1. The predicted molar refractivity (Wildman–Crippen MR) is 40.4 cm³/mol. The van der Waals surface area contributed by atoms with E-state index in [0.29, 0.717) is 0 Å². The maximum Gasteiger partial charge on any atom is 0.0594 e. The van der Waals surface area contributed by atoms with Gasteiger partial charge in [-0.15, -0.1) is 0 Å². The molecule has 0 aromatic carbocycles. The van der Waals surface area contributed by atoms with E-state index in [-0.39, 0.29) is 6.15 Å². The van der Waals surface area contributed by atoms with Crippen molar-refractivity contribution in [3.8, 4) is 0 Å². The second-order valence-electron chi connectivity index (χ2n) is 2.88. The van der Waals surface area contributed by atoms with Gasteiger partial charge in [-0.25, -0.2) is 0 Å². The molecule has 1 heterocycles. The van der Waals surface area contributed by atoms with E-state index in [2.05, 4.69) is 4.90 Å². The van der Waals surface area contributed by atoms with Crippen LogP contribution in [0.15, 0.2) is 0 Å². The van der Waals surface area contributed by atoms with Gasteiger partial charge in [0.2, 0.25) is 0 Å². The third-order valence-electron chi connectivity index (χ3n) is 2.11. The van der Waals surface area contributed by atoms with Crippen molar-refractivity contribution in [2.24, 2.45) is 0 Å². The lowest BCUT2D eigenvalue weighted by Gasteiger charge is -2.26. The van der Waals surface area contributed by atoms with Crippen molar-refractivity contribution >= 4 is 0 Å². The van der Waals surface area contributed by atoms with Gasteiger partial charge >= 0.3 is 0 Å². The quantitative estimate of drug-likeness (QED) is 0.587. The van der Waals surface area contributed by atoms with Crippen LogP contribution >= 0.6 is 0 Å². The van der Waals surface area contributed by atoms with Gasteiger partial charge in [0.25, 0.3) is 0 Å². The third-order valence-corrected chi connectivity index (χ3v) is 2.11. The molecule has 10 heavy (non-hydrogen) atoms. The fourth-order valence-electron chi connectivity index (χ4n) is 1.38. The zero-order valence-electron chi connectivity index (χ0n) is 6.38.